The fraction of sp³-hybridized carbons (Fsp3) is 0.0196. The first-order valence-electron chi connectivity index (χ1n) is 19.0. The number of rotatable bonds is 6. The Morgan fingerprint density at radius 3 is 2.14 bits per heavy atom. The number of nitrogens with two attached hydrogens (primary N) is 1. The van der Waals surface area contributed by atoms with Gasteiger partial charge in [0.25, 0.3) is 0 Å². The third-order valence-electron chi connectivity index (χ3n) is 10.8. The third kappa shape index (κ3) is 5.77. The van der Waals surface area contributed by atoms with Crippen molar-refractivity contribution in [2.75, 3.05) is 0 Å². The van der Waals surface area contributed by atoms with Crippen molar-refractivity contribution in [3.8, 4) is 22.3 Å². The SMILES string of the molecule is N/C(=N\C(=N/Cc1cccc2oc3ccc(-c4cccc5c4sc4ccccc45)cc3c12)c1cccc(-c2ccccc2)c1)c1ccc2c(c1)oc1ccccc12. The van der Waals surface area contributed by atoms with Crippen LogP contribution in [0.1, 0.15) is 16.7 Å². The highest BCUT2D eigenvalue weighted by atomic mass is 32.1. The molecular formula is C51H33N3O2S. The van der Waals surface area contributed by atoms with Crippen LogP contribution in [0.2, 0.25) is 0 Å². The van der Waals surface area contributed by atoms with E-state index < -0.39 is 0 Å². The number of hydrogen-bond donors (Lipinski definition) is 1. The summed E-state index contributed by atoms with van der Waals surface area (Å²) in [4.78, 5) is 10.3. The average Bonchev–Trinajstić information content (AvgIpc) is 3.96. The molecule has 2 N–H and O–H groups in total. The first-order valence-corrected chi connectivity index (χ1v) is 19.8. The molecule has 0 fully saturated rings. The van der Waals surface area contributed by atoms with Gasteiger partial charge in [-0.15, -0.1) is 11.3 Å². The smallest absolute Gasteiger partial charge is 0.157 e. The summed E-state index contributed by atoms with van der Waals surface area (Å²) in [5.41, 5.74) is 17.3. The summed E-state index contributed by atoms with van der Waals surface area (Å²) in [6.07, 6.45) is 0. The molecule has 0 saturated carbocycles. The van der Waals surface area contributed by atoms with E-state index in [4.69, 9.17) is 24.6 Å². The Morgan fingerprint density at radius 1 is 0.491 bits per heavy atom. The van der Waals surface area contributed by atoms with Gasteiger partial charge in [-0.05, 0) is 76.3 Å². The van der Waals surface area contributed by atoms with Gasteiger partial charge in [0.2, 0.25) is 0 Å². The van der Waals surface area contributed by atoms with Crippen molar-refractivity contribution >= 4 is 87.1 Å². The first kappa shape index (κ1) is 33.1. The van der Waals surface area contributed by atoms with Gasteiger partial charge in [0, 0.05) is 52.8 Å². The fourth-order valence-corrected chi connectivity index (χ4v) is 9.30. The number of hydrogen-bond acceptors (Lipinski definition) is 4. The van der Waals surface area contributed by atoms with Crippen LogP contribution in [0.25, 0.3) is 86.3 Å². The van der Waals surface area contributed by atoms with E-state index in [0.717, 1.165) is 77.3 Å². The summed E-state index contributed by atoms with van der Waals surface area (Å²) in [7, 11) is 0. The van der Waals surface area contributed by atoms with E-state index in [9.17, 15) is 0 Å². The number of aliphatic imine (C=N–C) groups is 2. The molecule has 3 heterocycles. The van der Waals surface area contributed by atoms with Crippen LogP contribution < -0.4 is 5.73 Å². The number of amidine groups is 2. The van der Waals surface area contributed by atoms with Gasteiger partial charge >= 0.3 is 0 Å². The summed E-state index contributed by atoms with van der Waals surface area (Å²) in [5, 5.41) is 6.78. The first-order chi connectivity index (χ1) is 28.1. The lowest BCUT2D eigenvalue weighted by Gasteiger charge is -2.09. The number of thiophene rings is 1. The molecule has 270 valence electrons. The van der Waals surface area contributed by atoms with Crippen molar-refractivity contribution in [1.82, 2.24) is 0 Å². The maximum Gasteiger partial charge on any atom is 0.157 e. The zero-order valence-corrected chi connectivity index (χ0v) is 31.5. The zero-order valence-electron chi connectivity index (χ0n) is 30.6. The van der Waals surface area contributed by atoms with Crippen molar-refractivity contribution in [1.29, 1.82) is 0 Å². The van der Waals surface area contributed by atoms with Gasteiger partial charge < -0.3 is 14.6 Å². The molecule has 0 atom stereocenters. The molecule has 0 aliphatic carbocycles. The van der Waals surface area contributed by atoms with Crippen LogP contribution >= 0.6 is 11.3 Å². The predicted molar refractivity (Wildman–Crippen MR) is 239 cm³/mol. The topological polar surface area (TPSA) is 77.0 Å². The Bertz CT molecular complexity index is 3400. The highest BCUT2D eigenvalue weighted by molar-refractivity contribution is 7.26. The lowest BCUT2D eigenvalue weighted by Crippen LogP contribution is -2.16. The minimum Gasteiger partial charge on any atom is -0.456 e. The van der Waals surface area contributed by atoms with Gasteiger partial charge in [-0.1, -0.05) is 127 Å². The molecule has 0 bridgehead atoms. The largest absolute Gasteiger partial charge is 0.456 e. The molecule has 0 saturated heterocycles. The molecule has 0 aliphatic heterocycles. The molecule has 0 aliphatic rings. The molecule has 11 aromatic rings. The normalized spacial score (nSPS) is 12.6. The minimum absolute atomic E-state index is 0.355. The monoisotopic (exact) mass is 751 g/mol. The lowest BCUT2D eigenvalue weighted by atomic mass is 9.99. The van der Waals surface area contributed by atoms with Crippen LogP contribution in [-0.4, -0.2) is 11.7 Å². The van der Waals surface area contributed by atoms with Crippen LogP contribution in [0.15, 0.2) is 195 Å². The average molecular weight is 752 g/mol. The summed E-state index contributed by atoms with van der Waals surface area (Å²) in [6, 6.07) is 60.6. The quantitative estimate of drug-likeness (QED) is 0.136. The standard InChI is InChI=1S/C51H33N3O2S/c52-50(34-23-25-39-38-16-4-6-20-43(38)56-46(39)29-34)54-51(35-14-8-13-32(27-35)31-11-2-1-3-12-31)53-30-36-15-9-21-45-48(36)42-28-33(24-26-44(42)55-45)37-18-10-19-41-40-17-5-7-22-47(40)57-49(37)41/h1-29H,30H2,(H2,52,53,54). The fourth-order valence-electron chi connectivity index (χ4n) is 8.06. The zero-order chi connectivity index (χ0) is 37.9. The van der Waals surface area contributed by atoms with Crippen LogP contribution in [-0.2, 0) is 6.54 Å². The summed E-state index contributed by atoms with van der Waals surface area (Å²) < 4.78 is 15.2. The van der Waals surface area contributed by atoms with Crippen LogP contribution in [0.5, 0.6) is 0 Å². The van der Waals surface area contributed by atoms with E-state index in [1.165, 1.54) is 25.7 Å². The van der Waals surface area contributed by atoms with Crippen molar-refractivity contribution in [2.45, 2.75) is 6.54 Å². The highest BCUT2D eigenvalue weighted by Crippen LogP contribution is 2.42. The van der Waals surface area contributed by atoms with Crippen LogP contribution in [0.3, 0.4) is 0 Å². The Balaban J connectivity index is 1.03. The highest BCUT2D eigenvalue weighted by Gasteiger charge is 2.16. The Labute approximate surface area is 331 Å². The molecule has 6 heteroatoms. The number of benzene rings is 8. The van der Waals surface area contributed by atoms with E-state index in [0.29, 0.717) is 18.2 Å². The molecule has 0 spiro atoms. The van der Waals surface area contributed by atoms with Crippen LogP contribution in [0, 0.1) is 0 Å². The number of para-hydroxylation sites is 1. The van der Waals surface area contributed by atoms with Crippen molar-refractivity contribution < 1.29 is 8.83 Å². The third-order valence-corrected chi connectivity index (χ3v) is 12.0. The van der Waals surface area contributed by atoms with Crippen molar-refractivity contribution in [3.05, 3.63) is 193 Å². The molecule has 0 radical (unpaired) electrons. The molecule has 57 heavy (non-hydrogen) atoms. The Hall–Kier alpha value is -7.28. The summed E-state index contributed by atoms with van der Waals surface area (Å²) >= 11 is 1.84. The van der Waals surface area contributed by atoms with Crippen molar-refractivity contribution in [2.24, 2.45) is 15.7 Å². The predicted octanol–water partition coefficient (Wildman–Crippen LogP) is 13.5. The van der Waals surface area contributed by atoms with Gasteiger partial charge in [-0.25, -0.2) is 4.99 Å². The number of furan rings is 2. The maximum atomic E-state index is 6.83. The van der Waals surface area contributed by atoms with Gasteiger partial charge in [0.15, 0.2) is 5.84 Å². The van der Waals surface area contributed by atoms with E-state index in [-0.39, 0.29) is 0 Å². The Morgan fingerprint density at radius 2 is 1.21 bits per heavy atom. The van der Waals surface area contributed by atoms with Gasteiger partial charge in [-0.2, -0.15) is 0 Å². The number of fused-ring (bicyclic) bond motifs is 9. The molecular weight excluding hydrogens is 719 g/mol. The second-order valence-corrected chi connectivity index (χ2v) is 15.3. The van der Waals surface area contributed by atoms with Gasteiger partial charge in [-0.3, -0.25) is 4.99 Å². The van der Waals surface area contributed by atoms with Crippen LogP contribution in [0.4, 0.5) is 0 Å². The Kier molecular flexibility index (Phi) is 7.83. The molecule has 0 amide bonds. The van der Waals surface area contributed by atoms with E-state index in [2.05, 4.69) is 97.1 Å². The summed E-state index contributed by atoms with van der Waals surface area (Å²) in [5.74, 6) is 0.894. The molecule has 0 unspecified atom stereocenters. The minimum atomic E-state index is 0.355. The molecule has 5 nitrogen and oxygen atoms in total. The summed E-state index contributed by atoms with van der Waals surface area (Å²) in [6.45, 7) is 0.367. The molecule has 11 rings (SSSR count). The molecule has 3 aromatic heterocycles. The maximum absolute atomic E-state index is 6.83. The van der Waals surface area contributed by atoms with E-state index >= 15 is 0 Å². The van der Waals surface area contributed by atoms with Crippen molar-refractivity contribution in [3.63, 3.8) is 0 Å². The van der Waals surface area contributed by atoms with Gasteiger partial charge in [0.05, 0.1) is 6.54 Å². The lowest BCUT2D eigenvalue weighted by molar-refractivity contribution is 0.668. The van der Waals surface area contributed by atoms with E-state index in [1.807, 2.05) is 90.2 Å². The second kappa shape index (κ2) is 13.5. The molecule has 8 aromatic carbocycles. The number of nitrogens with zero attached hydrogens (tertiary/aromatic N) is 2. The second-order valence-electron chi connectivity index (χ2n) is 14.3. The van der Waals surface area contributed by atoms with Gasteiger partial charge in [0.1, 0.15) is 28.2 Å². The van der Waals surface area contributed by atoms with E-state index in [1.54, 1.807) is 0 Å².